The van der Waals surface area contributed by atoms with E-state index in [1.807, 2.05) is 42.6 Å². The number of hydrogen-bond acceptors (Lipinski definition) is 3. The van der Waals surface area contributed by atoms with Gasteiger partial charge in [0, 0.05) is 23.4 Å². The molecule has 5 rings (SSSR count). The van der Waals surface area contributed by atoms with Crippen LogP contribution in [0.4, 0.5) is 0 Å². The predicted molar refractivity (Wildman–Crippen MR) is 154 cm³/mol. The Morgan fingerprint density at radius 2 is 1.51 bits per heavy atom. The first kappa shape index (κ1) is 24.7. The van der Waals surface area contributed by atoms with Crippen LogP contribution in [-0.2, 0) is 9.84 Å². The van der Waals surface area contributed by atoms with Crippen molar-refractivity contribution in [1.29, 1.82) is 0 Å². The molecule has 1 aromatic heterocycles. The van der Waals surface area contributed by atoms with Crippen LogP contribution in [0, 0.1) is 0 Å². The SMILES string of the molecule is CC(C)c1cc(-c2cccc(/C=C(\c3ccccc3)c3ccc(S(C)(=O)=O)cc3)c2)c2ncccc2c1. The Morgan fingerprint density at radius 3 is 2.22 bits per heavy atom. The monoisotopic (exact) mass is 503 g/mol. The molecule has 0 aliphatic carbocycles. The molecule has 0 saturated heterocycles. The van der Waals surface area contributed by atoms with Gasteiger partial charge in [0.25, 0.3) is 0 Å². The fourth-order valence-corrected chi connectivity index (χ4v) is 5.19. The summed E-state index contributed by atoms with van der Waals surface area (Å²) in [5.41, 5.74) is 8.61. The molecule has 0 radical (unpaired) electrons. The second-order valence-corrected chi connectivity index (χ2v) is 11.7. The van der Waals surface area contributed by atoms with E-state index in [1.54, 1.807) is 12.1 Å². The van der Waals surface area contributed by atoms with Crippen LogP contribution in [0.5, 0.6) is 0 Å². The summed E-state index contributed by atoms with van der Waals surface area (Å²) in [5, 5.41) is 1.14. The summed E-state index contributed by atoms with van der Waals surface area (Å²) in [7, 11) is -3.26. The van der Waals surface area contributed by atoms with Crippen molar-refractivity contribution in [2.75, 3.05) is 6.26 Å². The van der Waals surface area contributed by atoms with Gasteiger partial charge in [0.1, 0.15) is 0 Å². The van der Waals surface area contributed by atoms with Crippen LogP contribution in [-0.4, -0.2) is 19.7 Å². The smallest absolute Gasteiger partial charge is 0.175 e. The molecule has 0 spiro atoms. The first-order valence-corrected chi connectivity index (χ1v) is 14.3. The number of pyridine rings is 1. The molecular weight excluding hydrogens is 474 g/mol. The maximum absolute atomic E-state index is 12.0. The van der Waals surface area contributed by atoms with Crippen LogP contribution in [0.2, 0.25) is 0 Å². The van der Waals surface area contributed by atoms with Gasteiger partial charge in [-0.1, -0.05) is 80.6 Å². The highest BCUT2D eigenvalue weighted by Crippen LogP contribution is 2.33. The van der Waals surface area contributed by atoms with E-state index in [2.05, 4.69) is 74.5 Å². The number of benzene rings is 4. The van der Waals surface area contributed by atoms with Crippen LogP contribution in [0.15, 0.2) is 114 Å². The van der Waals surface area contributed by atoms with E-state index in [0.29, 0.717) is 10.8 Å². The van der Waals surface area contributed by atoms with Gasteiger partial charge in [0.2, 0.25) is 0 Å². The number of fused-ring (bicyclic) bond motifs is 1. The third-order valence-electron chi connectivity index (χ3n) is 6.58. The Balaban J connectivity index is 1.65. The Kier molecular flexibility index (Phi) is 6.77. The molecule has 1 heterocycles. The van der Waals surface area contributed by atoms with E-state index in [9.17, 15) is 8.42 Å². The molecule has 184 valence electrons. The van der Waals surface area contributed by atoms with Crippen molar-refractivity contribution >= 4 is 32.4 Å². The lowest BCUT2D eigenvalue weighted by Gasteiger charge is -2.13. The minimum Gasteiger partial charge on any atom is -0.256 e. The summed E-state index contributed by atoms with van der Waals surface area (Å²) in [5.74, 6) is 0.408. The molecule has 0 atom stereocenters. The van der Waals surface area contributed by atoms with Crippen LogP contribution in [0.3, 0.4) is 0 Å². The molecule has 4 heteroatoms. The van der Waals surface area contributed by atoms with Gasteiger partial charge < -0.3 is 0 Å². The molecule has 3 nitrogen and oxygen atoms in total. The van der Waals surface area contributed by atoms with Crippen molar-refractivity contribution in [3.8, 4) is 11.1 Å². The molecule has 37 heavy (non-hydrogen) atoms. The highest BCUT2D eigenvalue weighted by Gasteiger charge is 2.12. The lowest BCUT2D eigenvalue weighted by molar-refractivity contribution is 0.602. The molecule has 0 unspecified atom stereocenters. The topological polar surface area (TPSA) is 47.0 Å². The van der Waals surface area contributed by atoms with E-state index >= 15 is 0 Å². The maximum Gasteiger partial charge on any atom is 0.175 e. The minimum atomic E-state index is -3.26. The summed E-state index contributed by atoms with van der Waals surface area (Å²) >= 11 is 0. The van der Waals surface area contributed by atoms with E-state index < -0.39 is 9.84 Å². The van der Waals surface area contributed by atoms with Gasteiger partial charge in [0.15, 0.2) is 9.84 Å². The first-order valence-electron chi connectivity index (χ1n) is 12.4. The van der Waals surface area contributed by atoms with E-state index in [-0.39, 0.29) is 0 Å². The van der Waals surface area contributed by atoms with Crippen molar-refractivity contribution in [3.63, 3.8) is 0 Å². The summed E-state index contributed by atoms with van der Waals surface area (Å²) in [6.07, 6.45) is 5.24. The maximum atomic E-state index is 12.0. The normalized spacial score (nSPS) is 12.3. The average Bonchev–Trinajstić information content (AvgIpc) is 2.91. The quantitative estimate of drug-likeness (QED) is 0.220. The number of aromatic nitrogens is 1. The van der Waals surface area contributed by atoms with Gasteiger partial charge >= 0.3 is 0 Å². The Bertz CT molecular complexity index is 1700. The van der Waals surface area contributed by atoms with Crippen molar-refractivity contribution < 1.29 is 8.42 Å². The van der Waals surface area contributed by atoms with Gasteiger partial charge in [-0.3, -0.25) is 4.98 Å². The molecule has 0 aliphatic rings. The Morgan fingerprint density at radius 1 is 0.784 bits per heavy atom. The zero-order valence-electron chi connectivity index (χ0n) is 21.2. The Hall–Kier alpha value is -4.02. The second kappa shape index (κ2) is 10.2. The zero-order chi connectivity index (χ0) is 26.0. The third kappa shape index (κ3) is 5.40. The van der Waals surface area contributed by atoms with Gasteiger partial charge in [-0.2, -0.15) is 0 Å². The summed E-state index contributed by atoms with van der Waals surface area (Å²) < 4.78 is 24.0. The standard InChI is InChI=1S/C33H29NO2S/c1-23(2)29-21-28-13-8-18-34-33(28)32(22-29)27-12-7-9-24(19-27)20-31(25-10-5-4-6-11-25)26-14-16-30(17-15-26)37(3,35)36/h4-23H,1-3H3/b31-20+. The second-order valence-electron chi connectivity index (χ2n) is 9.64. The van der Waals surface area contributed by atoms with Gasteiger partial charge in [-0.15, -0.1) is 0 Å². The number of sulfone groups is 1. The minimum absolute atomic E-state index is 0.315. The Labute approximate surface area is 219 Å². The van der Waals surface area contributed by atoms with Crippen molar-refractivity contribution in [2.45, 2.75) is 24.7 Å². The molecule has 0 saturated carbocycles. The zero-order valence-corrected chi connectivity index (χ0v) is 22.0. The van der Waals surface area contributed by atoms with Crippen LogP contribution >= 0.6 is 0 Å². The molecule has 0 fully saturated rings. The summed E-state index contributed by atoms with van der Waals surface area (Å²) in [6.45, 7) is 4.42. The van der Waals surface area contributed by atoms with Crippen LogP contribution in [0.1, 0.15) is 42.0 Å². The summed E-state index contributed by atoms with van der Waals surface area (Å²) in [4.78, 5) is 5.02. The summed E-state index contributed by atoms with van der Waals surface area (Å²) in [6, 6.07) is 34.4. The van der Waals surface area contributed by atoms with Crippen molar-refractivity contribution in [3.05, 3.63) is 132 Å². The highest BCUT2D eigenvalue weighted by atomic mass is 32.2. The van der Waals surface area contributed by atoms with Gasteiger partial charge in [0.05, 0.1) is 10.4 Å². The predicted octanol–water partition coefficient (Wildman–Crippen LogP) is 8.02. The molecule has 0 bridgehead atoms. The third-order valence-corrected chi connectivity index (χ3v) is 7.71. The number of nitrogens with zero attached hydrogens (tertiary/aromatic N) is 1. The molecule has 4 aromatic carbocycles. The highest BCUT2D eigenvalue weighted by molar-refractivity contribution is 7.90. The van der Waals surface area contributed by atoms with Gasteiger partial charge in [-0.25, -0.2) is 8.42 Å². The number of rotatable bonds is 6. The van der Waals surface area contributed by atoms with Crippen molar-refractivity contribution in [2.24, 2.45) is 0 Å². The first-order chi connectivity index (χ1) is 17.8. The van der Waals surface area contributed by atoms with E-state index in [0.717, 1.165) is 44.3 Å². The van der Waals surface area contributed by atoms with E-state index in [4.69, 9.17) is 4.98 Å². The van der Waals surface area contributed by atoms with Crippen LogP contribution in [0.25, 0.3) is 33.7 Å². The van der Waals surface area contributed by atoms with Crippen molar-refractivity contribution in [1.82, 2.24) is 4.98 Å². The fraction of sp³-hybridized carbons (Fsp3) is 0.121. The molecule has 5 aromatic rings. The average molecular weight is 504 g/mol. The van der Waals surface area contributed by atoms with E-state index in [1.165, 1.54) is 11.8 Å². The molecule has 0 aliphatic heterocycles. The number of hydrogen-bond donors (Lipinski definition) is 0. The molecule has 0 amide bonds. The molecule has 0 N–H and O–H groups in total. The lowest BCUT2D eigenvalue weighted by Crippen LogP contribution is -1.97. The fourth-order valence-electron chi connectivity index (χ4n) is 4.56. The largest absolute Gasteiger partial charge is 0.256 e. The lowest BCUT2D eigenvalue weighted by atomic mass is 9.92. The van der Waals surface area contributed by atoms with Crippen LogP contribution < -0.4 is 0 Å². The van der Waals surface area contributed by atoms with Gasteiger partial charge in [-0.05, 0) is 81.8 Å². The molecular formula is C33H29NO2S.